The third-order valence-electron chi connectivity index (χ3n) is 4.05. The van der Waals surface area contributed by atoms with Gasteiger partial charge in [-0.15, -0.1) is 24.0 Å². The fraction of sp³-hybridized carbons (Fsp3) is 0.647. The Morgan fingerprint density at radius 1 is 1.46 bits per heavy atom. The largest absolute Gasteiger partial charge is 0.357 e. The molecule has 1 unspecified atom stereocenters. The van der Waals surface area contributed by atoms with E-state index in [2.05, 4.69) is 46.3 Å². The maximum Gasteiger partial charge on any atom is 0.222 e. The lowest BCUT2D eigenvalue weighted by Gasteiger charge is -2.17. The van der Waals surface area contributed by atoms with Crippen molar-refractivity contribution in [3.8, 4) is 0 Å². The van der Waals surface area contributed by atoms with Crippen LogP contribution in [0.5, 0.6) is 0 Å². The van der Waals surface area contributed by atoms with Gasteiger partial charge >= 0.3 is 0 Å². The Hall–Kier alpha value is -0.830. The van der Waals surface area contributed by atoms with Gasteiger partial charge < -0.3 is 15.5 Å². The van der Waals surface area contributed by atoms with Crippen LogP contribution in [-0.4, -0.2) is 49.5 Å². The summed E-state index contributed by atoms with van der Waals surface area (Å²) in [5, 5.41) is 10.9. The highest BCUT2D eigenvalue weighted by molar-refractivity contribution is 14.0. The summed E-state index contributed by atoms with van der Waals surface area (Å²) in [4.78, 5) is 18.2. The third-order valence-corrected chi connectivity index (χ3v) is 4.75. The zero-order valence-corrected chi connectivity index (χ0v) is 17.7. The molecule has 0 spiro atoms. The molecule has 0 bridgehead atoms. The number of likely N-dealkylation sites (tertiary alicyclic amines) is 1. The van der Waals surface area contributed by atoms with Crippen LogP contribution < -0.4 is 10.6 Å². The molecular formula is C17H29IN4OS. The van der Waals surface area contributed by atoms with E-state index in [0.717, 1.165) is 57.9 Å². The predicted octanol–water partition coefficient (Wildman–Crippen LogP) is 3.04. The monoisotopic (exact) mass is 464 g/mol. The smallest absolute Gasteiger partial charge is 0.222 e. The van der Waals surface area contributed by atoms with Crippen LogP contribution in [0.4, 0.5) is 0 Å². The first-order valence-electron chi connectivity index (χ1n) is 8.52. The number of carbonyl (C=O) groups excluding carboxylic acids is 1. The van der Waals surface area contributed by atoms with E-state index in [1.54, 1.807) is 11.3 Å². The molecule has 2 heterocycles. The Labute approximate surface area is 166 Å². The van der Waals surface area contributed by atoms with Gasteiger partial charge in [-0.1, -0.05) is 6.92 Å². The van der Waals surface area contributed by atoms with Crippen molar-refractivity contribution in [3.63, 3.8) is 0 Å². The van der Waals surface area contributed by atoms with Gasteiger partial charge in [-0.2, -0.15) is 11.3 Å². The zero-order chi connectivity index (χ0) is 16.5. The van der Waals surface area contributed by atoms with Crippen LogP contribution in [0.15, 0.2) is 21.8 Å². The molecule has 1 fully saturated rings. The van der Waals surface area contributed by atoms with Crippen molar-refractivity contribution in [1.82, 2.24) is 15.5 Å². The SMILES string of the molecule is CCNC(=NCC(C)c1ccsc1)NCCCN1CCCC1=O.I. The number of hydrogen-bond donors (Lipinski definition) is 2. The molecule has 1 aromatic rings. The maximum atomic E-state index is 11.6. The van der Waals surface area contributed by atoms with Crippen molar-refractivity contribution in [2.45, 2.75) is 39.0 Å². The number of nitrogens with one attached hydrogen (secondary N) is 2. The number of amides is 1. The van der Waals surface area contributed by atoms with Crippen LogP contribution in [0.25, 0.3) is 0 Å². The number of guanidine groups is 1. The summed E-state index contributed by atoms with van der Waals surface area (Å²) < 4.78 is 0. The van der Waals surface area contributed by atoms with Gasteiger partial charge in [-0.05, 0) is 42.2 Å². The van der Waals surface area contributed by atoms with E-state index in [-0.39, 0.29) is 24.0 Å². The molecule has 136 valence electrons. The summed E-state index contributed by atoms with van der Waals surface area (Å²) >= 11 is 1.73. The minimum Gasteiger partial charge on any atom is -0.357 e. The van der Waals surface area contributed by atoms with Crippen molar-refractivity contribution < 1.29 is 4.79 Å². The van der Waals surface area contributed by atoms with Gasteiger partial charge in [0.15, 0.2) is 5.96 Å². The van der Waals surface area contributed by atoms with Crippen molar-refractivity contribution >= 4 is 47.2 Å². The summed E-state index contributed by atoms with van der Waals surface area (Å²) in [7, 11) is 0. The summed E-state index contributed by atoms with van der Waals surface area (Å²) in [5.41, 5.74) is 1.35. The highest BCUT2D eigenvalue weighted by Crippen LogP contribution is 2.18. The van der Waals surface area contributed by atoms with Gasteiger partial charge in [0.25, 0.3) is 0 Å². The Bertz CT molecular complexity index is 507. The zero-order valence-electron chi connectivity index (χ0n) is 14.6. The van der Waals surface area contributed by atoms with Crippen LogP contribution in [0, 0.1) is 0 Å². The molecule has 1 saturated heterocycles. The second-order valence-electron chi connectivity index (χ2n) is 5.94. The lowest BCUT2D eigenvalue weighted by molar-refractivity contribution is -0.127. The van der Waals surface area contributed by atoms with Crippen LogP contribution in [0.1, 0.15) is 44.6 Å². The molecule has 1 aromatic heterocycles. The fourth-order valence-corrected chi connectivity index (χ4v) is 3.43. The van der Waals surface area contributed by atoms with Gasteiger partial charge in [-0.3, -0.25) is 9.79 Å². The summed E-state index contributed by atoms with van der Waals surface area (Å²) in [6.45, 7) is 8.50. The van der Waals surface area contributed by atoms with Crippen LogP contribution in [0.2, 0.25) is 0 Å². The van der Waals surface area contributed by atoms with Gasteiger partial charge in [0, 0.05) is 45.1 Å². The Balaban J connectivity index is 0.00000288. The molecule has 0 aliphatic carbocycles. The Kier molecular flexibility index (Phi) is 10.3. The maximum absolute atomic E-state index is 11.6. The number of thiophene rings is 1. The summed E-state index contributed by atoms with van der Waals surface area (Å²) in [5.74, 6) is 1.59. The third kappa shape index (κ3) is 6.96. The van der Waals surface area contributed by atoms with Gasteiger partial charge in [0.2, 0.25) is 5.91 Å². The molecule has 1 aliphatic heterocycles. The number of nitrogens with zero attached hydrogens (tertiary/aromatic N) is 2. The second kappa shape index (κ2) is 11.7. The van der Waals surface area contributed by atoms with E-state index >= 15 is 0 Å². The number of halogens is 1. The molecule has 1 atom stereocenters. The fourth-order valence-electron chi connectivity index (χ4n) is 2.65. The van der Waals surface area contributed by atoms with E-state index < -0.39 is 0 Å². The molecule has 0 radical (unpaired) electrons. The van der Waals surface area contributed by atoms with Crippen molar-refractivity contribution in [1.29, 1.82) is 0 Å². The average Bonchev–Trinajstić information content (AvgIpc) is 3.20. The minimum atomic E-state index is 0. The van der Waals surface area contributed by atoms with Crippen LogP contribution in [0.3, 0.4) is 0 Å². The quantitative estimate of drug-likeness (QED) is 0.269. The van der Waals surface area contributed by atoms with E-state index in [1.165, 1.54) is 5.56 Å². The lowest BCUT2D eigenvalue weighted by atomic mass is 10.1. The lowest BCUT2D eigenvalue weighted by Crippen LogP contribution is -2.39. The molecule has 1 amide bonds. The molecule has 7 heteroatoms. The van der Waals surface area contributed by atoms with E-state index in [1.807, 2.05) is 4.90 Å². The van der Waals surface area contributed by atoms with E-state index in [4.69, 9.17) is 0 Å². The number of hydrogen-bond acceptors (Lipinski definition) is 3. The number of aliphatic imine (C=N–C) groups is 1. The average molecular weight is 464 g/mol. The van der Waals surface area contributed by atoms with E-state index in [9.17, 15) is 4.79 Å². The molecule has 2 N–H and O–H groups in total. The molecular weight excluding hydrogens is 435 g/mol. The standard InChI is InChI=1S/C17H28N4OS.HI/c1-3-18-17(20-12-14(2)15-7-11-23-13-15)19-8-5-10-21-9-4-6-16(21)22;/h7,11,13-14H,3-6,8-10,12H2,1-2H3,(H2,18,19,20);1H. The Morgan fingerprint density at radius 3 is 2.92 bits per heavy atom. The first-order chi connectivity index (χ1) is 11.2. The minimum absolute atomic E-state index is 0. The number of rotatable bonds is 8. The summed E-state index contributed by atoms with van der Waals surface area (Å²) in [6.07, 6.45) is 2.69. The van der Waals surface area contributed by atoms with Gasteiger partial charge in [0.05, 0.1) is 0 Å². The van der Waals surface area contributed by atoms with Gasteiger partial charge in [0.1, 0.15) is 0 Å². The molecule has 0 saturated carbocycles. The van der Waals surface area contributed by atoms with Gasteiger partial charge in [-0.25, -0.2) is 0 Å². The first kappa shape index (κ1) is 21.2. The molecule has 5 nitrogen and oxygen atoms in total. The predicted molar refractivity (Wildman–Crippen MR) is 113 cm³/mol. The summed E-state index contributed by atoms with van der Waals surface area (Å²) in [6, 6.07) is 2.16. The van der Waals surface area contributed by atoms with Crippen molar-refractivity contribution in [2.75, 3.05) is 32.7 Å². The van der Waals surface area contributed by atoms with Crippen molar-refractivity contribution in [2.24, 2.45) is 4.99 Å². The molecule has 1 aliphatic rings. The highest BCUT2D eigenvalue weighted by Gasteiger charge is 2.18. The molecule has 2 rings (SSSR count). The molecule has 0 aromatic carbocycles. The topological polar surface area (TPSA) is 56.7 Å². The first-order valence-corrected chi connectivity index (χ1v) is 9.47. The van der Waals surface area contributed by atoms with Crippen molar-refractivity contribution in [3.05, 3.63) is 22.4 Å². The highest BCUT2D eigenvalue weighted by atomic mass is 127. The second-order valence-corrected chi connectivity index (χ2v) is 6.72. The van der Waals surface area contributed by atoms with Crippen LogP contribution >= 0.6 is 35.3 Å². The van der Waals surface area contributed by atoms with Crippen LogP contribution in [-0.2, 0) is 4.79 Å². The molecule has 24 heavy (non-hydrogen) atoms. The number of carbonyl (C=O) groups is 1. The normalized spacial score (nSPS) is 16.0. The van der Waals surface area contributed by atoms with E-state index in [0.29, 0.717) is 11.8 Å². The Morgan fingerprint density at radius 2 is 2.29 bits per heavy atom.